The highest BCUT2D eigenvalue weighted by Crippen LogP contribution is 2.29. The molecule has 0 saturated carbocycles. The van der Waals surface area contributed by atoms with E-state index >= 15 is 0 Å². The van der Waals surface area contributed by atoms with Crippen molar-refractivity contribution in [1.29, 1.82) is 0 Å². The molecule has 0 aliphatic carbocycles. The van der Waals surface area contributed by atoms with Gasteiger partial charge in [0.1, 0.15) is 5.84 Å². The van der Waals surface area contributed by atoms with Gasteiger partial charge in [0.2, 0.25) is 5.91 Å². The zero-order valence-electron chi connectivity index (χ0n) is 21.4. The third kappa shape index (κ3) is 7.26. The SMILES string of the molecule is CC.CCCN(CCC)C(=O)C1=Cc2ccc(C(=O)Nc3cccc(C(=O)NN)c3)cc2N=C(N)C1. The van der Waals surface area contributed by atoms with Crippen LogP contribution in [0.25, 0.3) is 6.08 Å². The highest BCUT2D eigenvalue weighted by molar-refractivity contribution is 6.08. The summed E-state index contributed by atoms with van der Waals surface area (Å²) in [6.07, 6.45) is 3.79. The van der Waals surface area contributed by atoms with Crippen LogP contribution in [0.5, 0.6) is 0 Å². The van der Waals surface area contributed by atoms with Gasteiger partial charge >= 0.3 is 0 Å². The lowest BCUT2D eigenvalue weighted by atomic mass is 10.0. The first kappa shape index (κ1) is 28.3. The molecule has 0 bridgehead atoms. The number of nitrogens with two attached hydrogens (primary N) is 2. The molecule has 0 atom stereocenters. The lowest BCUT2D eigenvalue weighted by molar-refractivity contribution is -0.127. The number of hydrogen-bond donors (Lipinski definition) is 4. The number of fused-ring (bicyclic) bond motifs is 1. The topological polar surface area (TPSA) is 143 Å². The molecule has 0 unspecified atom stereocenters. The fraction of sp³-hybridized carbons (Fsp3) is 0.333. The van der Waals surface area contributed by atoms with E-state index in [0.717, 1.165) is 18.4 Å². The summed E-state index contributed by atoms with van der Waals surface area (Å²) < 4.78 is 0. The molecule has 9 nitrogen and oxygen atoms in total. The van der Waals surface area contributed by atoms with E-state index in [4.69, 9.17) is 11.6 Å². The second-order valence-electron chi connectivity index (χ2n) is 8.02. The molecule has 1 aliphatic rings. The third-order valence-electron chi connectivity index (χ3n) is 5.32. The first-order valence-corrected chi connectivity index (χ1v) is 12.3. The maximum atomic E-state index is 13.1. The van der Waals surface area contributed by atoms with E-state index in [9.17, 15) is 14.4 Å². The van der Waals surface area contributed by atoms with Gasteiger partial charge in [-0.3, -0.25) is 19.8 Å². The van der Waals surface area contributed by atoms with Gasteiger partial charge in [0.25, 0.3) is 11.8 Å². The Hall–Kier alpha value is -3.98. The van der Waals surface area contributed by atoms with Gasteiger partial charge in [0.15, 0.2) is 0 Å². The van der Waals surface area contributed by atoms with Crippen LogP contribution in [0.2, 0.25) is 0 Å². The van der Waals surface area contributed by atoms with Crippen LogP contribution in [-0.2, 0) is 4.79 Å². The molecule has 3 amide bonds. The Morgan fingerprint density at radius 3 is 2.28 bits per heavy atom. The minimum absolute atomic E-state index is 0.0436. The average molecular weight is 493 g/mol. The molecule has 0 saturated heterocycles. The Morgan fingerprint density at radius 1 is 0.972 bits per heavy atom. The summed E-state index contributed by atoms with van der Waals surface area (Å²) in [5.41, 5.74) is 11.1. The third-order valence-corrected chi connectivity index (χ3v) is 5.32. The molecule has 2 aromatic rings. The molecule has 3 rings (SSSR count). The number of rotatable bonds is 8. The van der Waals surface area contributed by atoms with Crippen molar-refractivity contribution in [3.8, 4) is 0 Å². The molecule has 0 aromatic heterocycles. The summed E-state index contributed by atoms with van der Waals surface area (Å²) in [4.78, 5) is 44.0. The number of nitrogens with zero attached hydrogens (tertiary/aromatic N) is 2. The fourth-order valence-electron chi connectivity index (χ4n) is 3.75. The van der Waals surface area contributed by atoms with Gasteiger partial charge in [-0.25, -0.2) is 10.8 Å². The molecular formula is C27H36N6O3. The van der Waals surface area contributed by atoms with Crippen molar-refractivity contribution in [2.75, 3.05) is 18.4 Å². The standard InChI is InChI=1S/C25H30N6O3.C2H6/c1-3-10-31(11-4-2)25(34)19-12-16-8-9-18(14-21(16)29-22(26)15-19)23(32)28-20-7-5-6-17(13-20)24(33)30-27;1-2/h5-9,12-14H,3-4,10-11,15,27H2,1-2H3,(H2,26,29)(H,28,32)(H,30,33);1-2H3. The van der Waals surface area contributed by atoms with Gasteiger partial charge in [-0.1, -0.05) is 39.8 Å². The van der Waals surface area contributed by atoms with Crippen molar-refractivity contribution >= 4 is 41.0 Å². The van der Waals surface area contributed by atoms with Crippen LogP contribution in [0, 0.1) is 0 Å². The molecule has 2 aromatic carbocycles. The van der Waals surface area contributed by atoms with Crippen molar-refractivity contribution < 1.29 is 14.4 Å². The van der Waals surface area contributed by atoms with Gasteiger partial charge in [-0.2, -0.15) is 0 Å². The summed E-state index contributed by atoms with van der Waals surface area (Å²) in [6, 6.07) is 11.5. The lowest BCUT2D eigenvalue weighted by Crippen LogP contribution is -2.34. The second-order valence-corrected chi connectivity index (χ2v) is 8.02. The minimum atomic E-state index is -0.459. The largest absolute Gasteiger partial charge is 0.387 e. The number of hydrazine groups is 1. The lowest BCUT2D eigenvalue weighted by Gasteiger charge is -2.22. The highest BCUT2D eigenvalue weighted by atomic mass is 16.2. The zero-order chi connectivity index (χ0) is 26.7. The fourth-order valence-corrected chi connectivity index (χ4v) is 3.75. The van der Waals surface area contributed by atoms with Crippen LogP contribution in [0.3, 0.4) is 0 Å². The van der Waals surface area contributed by atoms with Crippen LogP contribution in [0.4, 0.5) is 11.4 Å². The van der Waals surface area contributed by atoms with Gasteiger partial charge in [0.05, 0.1) is 5.69 Å². The number of aliphatic imine (C=N–C) groups is 1. The molecule has 9 heteroatoms. The average Bonchev–Trinajstić information content (AvgIpc) is 3.06. The maximum absolute atomic E-state index is 13.1. The zero-order valence-corrected chi connectivity index (χ0v) is 21.4. The van der Waals surface area contributed by atoms with E-state index < -0.39 is 5.91 Å². The van der Waals surface area contributed by atoms with E-state index in [1.165, 1.54) is 6.07 Å². The summed E-state index contributed by atoms with van der Waals surface area (Å²) >= 11 is 0. The normalized spacial score (nSPS) is 12.0. The molecule has 192 valence electrons. The van der Waals surface area contributed by atoms with Gasteiger partial charge in [-0.15, -0.1) is 0 Å². The minimum Gasteiger partial charge on any atom is -0.387 e. The number of carbonyl (C=O) groups excluding carboxylic acids is 3. The Labute approximate surface area is 212 Å². The molecular weight excluding hydrogens is 456 g/mol. The Morgan fingerprint density at radius 2 is 1.64 bits per heavy atom. The van der Waals surface area contributed by atoms with Crippen molar-refractivity contribution in [2.24, 2.45) is 16.6 Å². The van der Waals surface area contributed by atoms with E-state index in [2.05, 4.69) is 15.7 Å². The Bertz CT molecular complexity index is 1150. The number of hydrogen-bond acceptors (Lipinski definition) is 6. The van der Waals surface area contributed by atoms with Crippen molar-refractivity contribution in [3.05, 3.63) is 64.7 Å². The van der Waals surface area contributed by atoms with Crippen LogP contribution < -0.4 is 22.3 Å². The summed E-state index contributed by atoms with van der Waals surface area (Å²) in [5.74, 6) is 4.61. The second kappa shape index (κ2) is 13.8. The summed E-state index contributed by atoms with van der Waals surface area (Å²) in [7, 11) is 0. The molecule has 0 radical (unpaired) electrons. The molecule has 1 aliphatic heterocycles. The van der Waals surface area contributed by atoms with Crippen molar-refractivity contribution in [1.82, 2.24) is 10.3 Å². The van der Waals surface area contributed by atoms with Crippen LogP contribution in [0.1, 0.15) is 73.2 Å². The highest BCUT2D eigenvalue weighted by Gasteiger charge is 2.21. The predicted octanol–water partition coefficient (Wildman–Crippen LogP) is 3.99. The van der Waals surface area contributed by atoms with E-state index in [1.54, 1.807) is 42.5 Å². The van der Waals surface area contributed by atoms with Crippen molar-refractivity contribution in [2.45, 2.75) is 47.0 Å². The smallest absolute Gasteiger partial charge is 0.265 e. The van der Waals surface area contributed by atoms with Gasteiger partial charge in [0, 0.05) is 47.5 Å². The van der Waals surface area contributed by atoms with E-state index in [-0.39, 0.29) is 18.2 Å². The maximum Gasteiger partial charge on any atom is 0.265 e. The predicted molar refractivity (Wildman–Crippen MR) is 145 cm³/mol. The van der Waals surface area contributed by atoms with Crippen LogP contribution >= 0.6 is 0 Å². The monoisotopic (exact) mass is 492 g/mol. The molecule has 1 heterocycles. The first-order valence-electron chi connectivity index (χ1n) is 12.3. The van der Waals surface area contributed by atoms with E-state index in [1.807, 2.05) is 32.6 Å². The number of anilines is 1. The van der Waals surface area contributed by atoms with Gasteiger partial charge < -0.3 is 16.0 Å². The quantitative estimate of drug-likeness (QED) is 0.250. The number of nitrogen functional groups attached to an aromatic ring is 1. The number of amidine groups is 1. The Balaban J connectivity index is 0.00000222. The molecule has 6 N–H and O–H groups in total. The summed E-state index contributed by atoms with van der Waals surface area (Å²) in [6.45, 7) is 9.44. The molecule has 0 spiro atoms. The Kier molecular flexibility index (Phi) is 10.8. The molecule has 0 fully saturated rings. The van der Waals surface area contributed by atoms with E-state index in [0.29, 0.717) is 47.0 Å². The van der Waals surface area contributed by atoms with Crippen molar-refractivity contribution in [3.63, 3.8) is 0 Å². The van der Waals surface area contributed by atoms with Crippen LogP contribution in [-0.4, -0.2) is 41.5 Å². The van der Waals surface area contributed by atoms with Crippen LogP contribution in [0.15, 0.2) is 53.0 Å². The number of amides is 3. The van der Waals surface area contributed by atoms with Gasteiger partial charge in [-0.05, 0) is 49.2 Å². The number of benzene rings is 2. The first-order chi connectivity index (χ1) is 17.4. The molecule has 36 heavy (non-hydrogen) atoms. The number of carbonyl (C=O) groups is 3. The summed E-state index contributed by atoms with van der Waals surface area (Å²) in [5, 5.41) is 2.77. The number of nitrogens with one attached hydrogen (secondary N) is 2.